The summed E-state index contributed by atoms with van der Waals surface area (Å²) in [6.07, 6.45) is 22.5. The molecule has 0 spiro atoms. The molecule has 2 nitrogen and oxygen atoms in total. The highest BCUT2D eigenvalue weighted by molar-refractivity contribution is 5.68. The quantitative estimate of drug-likeness (QED) is 0.318. The van der Waals surface area contributed by atoms with Crippen LogP contribution in [-0.4, -0.2) is 11.1 Å². The molecule has 0 unspecified atom stereocenters. The minimum atomic E-state index is -0.774. The lowest BCUT2D eigenvalue weighted by molar-refractivity contribution is -0.136. The first-order valence-corrected chi connectivity index (χ1v) is 8.30. The third-order valence-electron chi connectivity index (χ3n) is 3.40. The monoisotopic (exact) mass is 280 g/mol. The molecule has 0 aromatic rings. The van der Waals surface area contributed by atoms with E-state index in [-0.39, 0.29) is 6.42 Å². The Morgan fingerprint density at radius 2 is 1.30 bits per heavy atom. The largest absolute Gasteiger partial charge is 0.481 e. The molecule has 0 rings (SSSR count). The summed E-state index contributed by atoms with van der Waals surface area (Å²) in [4.78, 5) is 10.3. The molecule has 0 saturated heterocycles. The summed E-state index contributed by atoms with van der Waals surface area (Å²) >= 11 is 0. The average Bonchev–Trinajstić information content (AvgIpc) is 2.43. The van der Waals surface area contributed by atoms with Gasteiger partial charge in [0.2, 0.25) is 0 Å². The topological polar surface area (TPSA) is 37.3 Å². The van der Waals surface area contributed by atoms with Crippen molar-refractivity contribution in [1.29, 1.82) is 0 Å². The van der Waals surface area contributed by atoms with Crippen LogP contribution in [-0.2, 0) is 4.79 Å². The van der Waals surface area contributed by atoms with Crippen molar-refractivity contribution in [2.75, 3.05) is 0 Å². The maximum Gasteiger partial charge on any atom is 0.307 e. The Bertz CT molecular complexity index is 267. The first kappa shape index (κ1) is 18.9. The number of hydrogen-bond acceptors (Lipinski definition) is 1. The molecule has 1 N–H and O–H groups in total. The number of unbranched alkanes of at least 4 members (excludes halogenated alkanes) is 10. The molecule has 116 valence electrons. The molecule has 2 heteroatoms. The number of carboxylic acids is 1. The van der Waals surface area contributed by atoms with Crippen LogP contribution in [0.3, 0.4) is 0 Å². The van der Waals surface area contributed by atoms with Crippen LogP contribution in [0, 0.1) is 0 Å². The van der Waals surface area contributed by atoms with Crippen molar-refractivity contribution < 1.29 is 9.90 Å². The molecular weight excluding hydrogens is 248 g/mol. The van der Waals surface area contributed by atoms with Gasteiger partial charge >= 0.3 is 5.97 Å². The van der Waals surface area contributed by atoms with Gasteiger partial charge in [0.25, 0.3) is 0 Å². The molecule has 0 saturated carbocycles. The zero-order valence-electron chi connectivity index (χ0n) is 13.2. The molecule has 0 bridgehead atoms. The number of carbonyl (C=O) groups is 1. The van der Waals surface area contributed by atoms with E-state index in [1.54, 1.807) is 6.08 Å². The fourth-order valence-corrected chi connectivity index (χ4v) is 2.17. The smallest absolute Gasteiger partial charge is 0.307 e. The van der Waals surface area contributed by atoms with E-state index in [4.69, 9.17) is 5.11 Å². The molecule has 0 aromatic carbocycles. The van der Waals surface area contributed by atoms with E-state index in [0.29, 0.717) is 0 Å². The van der Waals surface area contributed by atoms with Gasteiger partial charge in [0.15, 0.2) is 0 Å². The van der Waals surface area contributed by atoms with E-state index >= 15 is 0 Å². The normalized spacial score (nSPS) is 11.7. The summed E-state index contributed by atoms with van der Waals surface area (Å²) in [5, 5.41) is 8.44. The second-order valence-electron chi connectivity index (χ2n) is 5.42. The third kappa shape index (κ3) is 16.9. The Balaban J connectivity index is 3.14. The fraction of sp³-hybridized carbons (Fsp3) is 0.722. The zero-order chi connectivity index (χ0) is 14.9. The van der Waals surface area contributed by atoms with Gasteiger partial charge in [-0.05, 0) is 12.8 Å². The molecular formula is C18H32O2. The highest BCUT2D eigenvalue weighted by Gasteiger charge is 1.91. The summed E-state index contributed by atoms with van der Waals surface area (Å²) in [5.74, 6) is -0.774. The molecule has 0 amide bonds. The zero-order valence-corrected chi connectivity index (χ0v) is 13.2. The lowest BCUT2D eigenvalue weighted by Gasteiger charge is -2.01. The SMILES string of the molecule is CCCCCCCCCCCCC=CC=CCC(=O)O. The van der Waals surface area contributed by atoms with E-state index in [1.165, 1.54) is 64.2 Å². The van der Waals surface area contributed by atoms with E-state index < -0.39 is 5.97 Å². The molecule has 0 aromatic heterocycles. The van der Waals surface area contributed by atoms with Crippen molar-refractivity contribution in [3.63, 3.8) is 0 Å². The Morgan fingerprint density at radius 1 is 0.800 bits per heavy atom. The molecule has 0 aliphatic heterocycles. The second kappa shape index (κ2) is 16.0. The molecule has 0 radical (unpaired) electrons. The molecule has 0 atom stereocenters. The van der Waals surface area contributed by atoms with Crippen molar-refractivity contribution in [3.8, 4) is 0 Å². The molecule has 0 aliphatic carbocycles. The van der Waals surface area contributed by atoms with E-state index in [0.717, 1.165) is 6.42 Å². The maximum atomic E-state index is 10.3. The third-order valence-corrected chi connectivity index (χ3v) is 3.40. The first-order valence-electron chi connectivity index (χ1n) is 8.30. The number of carboxylic acid groups (broad SMARTS) is 1. The van der Waals surface area contributed by atoms with Gasteiger partial charge in [0.05, 0.1) is 6.42 Å². The van der Waals surface area contributed by atoms with Gasteiger partial charge in [-0.2, -0.15) is 0 Å². The number of aliphatic carboxylic acids is 1. The average molecular weight is 280 g/mol. The summed E-state index contributed by atoms with van der Waals surface area (Å²) in [6, 6.07) is 0. The van der Waals surface area contributed by atoms with Crippen LogP contribution in [0.5, 0.6) is 0 Å². The van der Waals surface area contributed by atoms with Gasteiger partial charge in [0.1, 0.15) is 0 Å². The predicted molar refractivity (Wildman–Crippen MR) is 87.0 cm³/mol. The molecule has 20 heavy (non-hydrogen) atoms. The van der Waals surface area contributed by atoms with Gasteiger partial charge in [-0.15, -0.1) is 0 Å². The minimum Gasteiger partial charge on any atom is -0.481 e. The van der Waals surface area contributed by atoms with E-state index in [9.17, 15) is 4.79 Å². The highest BCUT2D eigenvalue weighted by atomic mass is 16.4. The lowest BCUT2D eigenvalue weighted by Crippen LogP contribution is -1.89. The van der Waals surface area contributed by atoms with Crippen LogP contribution in [0.25, 0.3) is 0 Å². The Hall–Kier alpha value is -1.05. The van der Waals surface area contributed by atoms with Crippen LogP contribution >= 0.6 is 0 Å². The summed E-state index contributed by atoms with van der Waals surface area (Å²) in [5.41, 5.74) is 0. The van der Waals surface area contributed by atoms with Gasteiger partial charge in [0, 0.05) is 0 Å². The van der Waals surface area contributed by atoms with Crippen LogP contribution in [0.4, 0.5) is 0 Å². The summed E-state index contributed by atoms with van der Waals surface area (Å²) in [7, 11) is 0. The van der Waals surface area contributed by atoms with Gasteiger partial charge in [-0.1, -0.05) is 89.0 Å². The van der Waals surface area contributed by atoms with Crippen LogP contribution in [0.15, 0.2) is 24.3 Å². The number of allylic oxidation sites excluding steroid dienone is 3. The van der Waals surface area contributed by atoms with Crippen LogP contribution in [0.2, 0.25) is 0 Å². The van der Waals surface area contributed by atoms with Crippen molar-refractivity contribution >= 4 is 5.97 Å². The van der Waals surface area contributed by atoms with Crippen molar-refractivity contribution in [2.45, 2.75) is 84.0 Å². The lowest BCUT2D eigenvalue weighted by atomic mass is 10.1. The van der Waals surface area contributed by atoms with E-state index in [1.807, 2.05) is 12.2 Å². The fourth-order valence-electron chi connectivity index (χ4n) is 2.17. The highest BCUT2D eigenvalue weighted by Crippen LogP contribution is 2.11. The van der Waals surface area contributed by atoms with Crippen molar-refractivity contribution in [1.82, 2.24) is 0 Å². The van der Waals surface area contributed by atoms with Crippen LogP contribution < -0.4 is 0 Å². The maximum absolute atomic E-state index is 10.3. The summed E-state index contributed by atoms with van der Waals surface area (Å²) in [6.45, 7) is 2.26. The van der Waals surface area contributed by atoms with Gasteiger partial charge < -0.3 is 5.11 Å². The molecule has 0 aliphatic rings. The Morgan fingerprint density at radius 3 is 1.85 bits per heavy atom. The van der Waals surface area contributed by atoms with Gasteiger partial charge in [-0.3, -0.25) is 4.79 Å². The standard InChI is InChI=1S/C18H32O2/c1-2-3-4-5-6-7-8-9-10-11-12-13-14-15-16-17-18(19)20/h13-16H,2-12,17H2,1H3,(H,19,20). The van der Waals surface area contributed by atoms with Crippen LogP contribution in [0.1, 0.15) is 84.0 Å². The number of hydrogen-bond donors (Lipinski definition) is 1. The summed E-state index contributed by atoms with van der Waals surface area (Å²) < 4.78 is 0. The van der Waals surface area contributed by atoms with Crippen molar-refractivity contribution in [2.24, 2.45) is 0 Å². The van der Waals surface area contributed by atoms with E-state index in [2.05, 4.69) is 13.0 Å². The minimum absolute atomic E-state index is 0.114. The Labute approximate surface area is 125 Å². The first-order chi connectivity index (χ1) is 9.77. The predicted octanol–water partition coefficient (Wildman–Crippen LogP) is 5.88. The van der Waals surface area contributed by atoms with Crippen molar-refractivity contribution in [3.05, 3.63) is 24.3 Å². The van der Waals surface area contributed by atoms with Gasteiger partial charge in [-0.25, -0.2) is 0 Å². The molecule has 0 fully saturated rings. The second-order valence-corrected chi connectivity index (χ2v) is 5.42. The molecule has 0 heterocycles. The Kier molecular flexibility index (Phi) is 15.2. The number of rotatable bonds is 14.